The lowest BCUT2D eigenvalue weighted by Crippen LogP contribution is -2.54. The monoisotopic (exact) mass is 341 g/mol. The zero-order valence-corrected chi connectivity index (χ0v) is 12.6. The highest BCUT2D eigenvalue weighted by Gasteiger charge is 2.36. The molecule has 1 aromatic carbocycles. The Morgan fingerprint density at radius 1 is 1.50 bits per heavy atom. The van der Waals surface area contributed by atoms with Gasteiger partial charge < -0.3 is 15.2 Å². The number of aliphatic carboxylic acids is 1. The fourth-order valence-electron chi connectivity index (χ4n) is 1.59. The van der Waals surface area contributed by atoms with Gasteiger partial charge in [-0.05, 0) is 18.6 Å². The maximum atomic E-state index is 11.5. The zero-order valence-electron chi connectivity index (χ0n) is 11.1. The van der Waals surface area contributed by atoms with Gasteiger partial charge in [0.15, 0.2) is 0 Å². The van der Waals surface area contributed by atoms with E-state index in [4.69, 9.17) is 4.74 Å². The molecule has 0 heterocycles. The molecule has 1 rings (SSSR count). The quantitative estimate of drug-likeness (QED) is 0.780. The third-order valence-corrected chi connectivity index (χ3v) is 3.46. The fourth-order valence-corrected chi connectivity index (χ4v) is 2.02. The summed E-state index contributed by atoms with van der Waals surface area (Å²) in [4.78, 5) is 23.0. The molecule has 2 N–H and O–H groups in total. The van der Waals surface area contributed by atoms with Crippen molar-refractivity contribution in [2.75, 3.05) is 6.61 Å². The third-order valence-electron chi connectivity index (χ3n) is 2.68. The Balaban J connectivity index is 2.87. The molecular formula is C14H16BrNO4. The lowest BCUT2D eigenvalue weighted by molar-refractivity contribution is -0.143. The number of hydrogen-bond acceptors (Lipinski definition) is 3. The SMILES string of the molecule is C=CCOC(=O)NC(C)(Cc1ccccc1Br)C(=O)O. The van der Waals surface area contributed by atoms with E-state index in [1.807, 2.05) is 12.1 Å². The Labute approximate surface area is 125 Å². The number of hydrogen-bond donors (Lipinski definition) is 2. The summed E-state index contributed by atoms with van der Waals surface area (Å²) in [5, 5.41) is 11.7. The highest BCUT2D eigenvalue weighted by atomic mass is 79.9. The van der Waals surface area contributed by atoms with Crippen molar-refractivity contribution in [3.63, 3.8) is 0 Å². The molecule has 0 aliphatic rings. The summed E-state index contributed by atoms with van der Waals surface area (Å²) in [6, 6.07) is 7.24. The smallest absolute Gasteiger partial charge is 0.408 e. The van der Waals surface area contributed by atoms with E-state index in [-0.39, 0.29) is 13.0 Å². The second-order valence-corrected chi connectivity index (χ2v) is 5.27. The first-order valence-corrected chi connectivity index (χ1v) is 6.71. The Hall–Kier alpha value is -1.82. The molecule has 0 saturated carbocycles. The molecule has 108 valence electrons. The molecule has 0 aliphatic heterocycles. The summed E-state index contributed by atoms with van der Waals surface area (Å²) >= 11 is 3.36. The zero-order chi connectivity index (χ0) is 15.2. The van der Waals surface area contributed by atoms with Crippen LogP contribution in [0.4, 0.5) is 4.79 Å². The minimum Gasteiger partial charge on any atom is -0.480 e. The van der Waals surface area contributed by atoms with Crippen LogP contribution in [-0.2, 0) is 16.0 Å². The number of alkyl carbamates (subject to hydrolysis) is 1. The van der Waals surface area contributed by atoms with Crippen molar-refractivity contribution in [2.45, 2.75) is 18.9 Å². The molecule has 0 fully saturated rings. The molecule has 20 heavy (non-hydrogen) atoms. The van der Waals surface area contributed by atoms with Gasteiger partial charge >= 0.3 is 12.1 Å². The lowest BCUT2D eigenvalue weighted by Gasteiger charge is -2.26. The first-order chi connectivity index (χ1) is 9.39. The molecule has 0 bridgehead atoms. The minimum atomic E-state index is -1.46. The summed E-state index contributed by atoms with van der Waals surface area (Å²) < 4.78 is 5.55. The first kappa shape index (κ1) is 16.2. The second-order valence-electron chi connectivity index (χ2n) is 4.42. The Morgan fingerprint density at radius 2 is 2.15 bits per heavy atom. The summed E-state index contributed by atoms with van der Waals surface area (Å²) in [5.41, 5.74) is -0.677. The lowest BCUT2D eigenvalue weighted by atomic mass is 9.93. The molecule has 0 aromatic heterocycles. The second kappa shape index (κ2) is 7.09. The van der Waals surface area contributed by atoms with Gasteiger partial charge in [0.2, 0.25) is 0 Å². The van der Waals surface area contributed by atoms with Crippen molar-refractivity contribution >= 4 is 28.0 Å². The molecule has 1 amide bonds. The molecular weight excluding hydrogens is 326 g/mol. The van der Waals surface area contributed by atoms with Gasteiger partial charge in [0, 0.05) is 10.9 Å². The molecule has 1 unspecified atom stereocenters. The average molecular weight is 342 g/mol. The number of halogens is 1. The third kappa shape index (κ3) is 4.38. The van der Waals surface area contributed by atoms with Gasteiger partial charge in [-0.25, -0.2) is 9.59 Å². The average Bonchev–Trinajstić information content (AvgIpc) is 2.39. The van der Waals surface area contributed by atoms with Crippen molar-refractivity contribution in [2.24, 2.45) is 0 Å². The summed E-state index contributed by atoms with van der Waals surface area (Å²) in [6.07, 6.45) is 0.750. The Bertz CT molecular complexity index is 518. The van der Waals surface area contributed by atoms with Crippen molar-refractivity contribution in [1.29, 1.82) is 0 Å². The number of carbonyl (C=O) groups excluding carboxylic acids is 1. The molecule has 6 heteroatoms. The fraction of sp³-hybridized carbons (Fsp3) is 0.286. The number of carboxylic acids is 1. The Kier molecular flexibility index (Phi) is 5.76. The van der Waals surface area contributed by atoms with Crippen LogP contribution in [0.2, 0.25) is 0 Å². The van der Waals surface area contributed by atoms with E-state index in [0.29, 0.717) is 0 Å². The molecule has 0 spiro atoms. The molecule has 0 aliphatic carbocycles. The number of nitrogens with one attached hydrogen (secondary N) is 1. The van der Waals surface area contributed by atoms with Crippen molar-refractivity contribution < 1.29 is 19.4 Å². The van der Waals surface area contributed by atoms with E-state index in [0.717, 1.165) is 10.0 Å². The van der Waals surface area contributed by atoms with Crippen LogP contribution in [0.15, 0.2) is 41.4 Å². The maximum Gasteiger partial charge on any atom is 0.408 e. The maximum absolute atomic E-state index is 11.5. The van der Waals surface area contributed by atoms with Gasteiger partial charge in [0.05, 0.1) is 0 Å². The van der Waals surface area contributed by atoms with Gasteiger partial charge in [-0.1, -0.05) is 46.8 Å². The van der Waals surface area contributed by atoms with Crippen molar-refractivity contribution in [3.05, 3.63) is 47.0 Å². The van der Waals surface area contributed by atoms with Crippen molar-refractivity contribution in [3.8, 4) is 0 Å². The van der Waals surface area contributed by atoms with Gasteiger partial charge in [-0.3, -0.25) is 0 Å². The van der Waals surface area contributed by atoms with Crippen LogP contribution >= 0.6 is 15.9 Å². The number of benzene rings is 1. The van der Waals surface area contributed by atoms with E-state index >= 15 is 0 Å². The molecule has 0 saturated heterocycles. The predicted octanol–water partition coefficient (Wildman–Crippen LogP) is 2.75. The normalized spacial score (nSPS) is 13.1. The number of carbonyl (C=O) groups is 2. The van der Waals surface area contributed by atoms with Crippen molar-refractivity contribution in [1.82, 2.24) is 5.32 Å². The largest absolute Gasteiger partial charge is 0.480 e. The van der Waals surface area contributed by atoms with Crippen LogP contribution in [0.3, 0.4) is 0 Å². The van der Waals surface area contributed by atoms with Gasteiger partial charge in [-0.2, -0.15) is 0 Å². The van der Waals surface area contributed by atoms with E-state index in [1.165, 1.54) is 13.0 Å². The molecule has 1 aromatic rings. The topological polar surface area (TPSA) is 75.6 Å². The minimum absolute atomic E-state index is 0.0244. The van der Waals surface area contributed by atoms with E-state index in [9.17, 15) is 14.7 Å². The molecule has 1 atom stereocenters. The van der Waals surface area contributed by atoms with Crippen LogP contribution in [0, 0.1) is 0 Å². The first-order valence-electron chi connectivity index (χ1n) is 5.91. The summed E-state index contributed by atoms with van der Waals surface area (Å²) in [5.74, 6) is -1.14. The van der Waals surface area contributed by atoms with Crippen LogP contribution in [0.5, 0.6) is 0 Å². The van der Waals surface area contributed by atoms with E-state index < -0.39 is 17.6 Å². The van der Waals surface area contributed by atoms with Crippen LogP contribution in [-0.4, -0.2) is 29.3 Å². The van der Waals surface area contributed by atoms with Gasteiger partial charge in [0.25, 0.3) is 0 Å². The predicted molar refractivity (Wildman–Crippen MR) is 78.6 cm³/mol. The molecule has 5 nitrogen and oxygen atoms in total. The Morgan fingerprint density at radius 3 is 2.70 bits per heavy atom. The number of ether oxygens (including phenoxy) is 1. The summed E-state index contributed by atoms with van der Waals surface area (Å²) in [7, 11) is 0. The van der Waals surface area contributed by atoms with E-state index in [1.54, 1.807) is 12.1 Å². The summed E-state index contributed by atoms with van der Waals surface area (Å²) in [6.45, 7) is 4.87. The molecule has 0 radical (unpaired) electrons. The standard InChI is InChI=1S/C14H16BrNO4/c1-3-8-20-13(19)16-14(2,12(17)18)9-10-6-4-5-7-11(10)15/h3-7H,1,8-9H2,2H3,(H,16,19)(H,17,18). The number of carboxylic acid groups (broad SMARTS) is 1. The highest BCUT2D eigenvalue weighted by molar-refractivity contribution is 9.10. The number of amides is 1. The van der Waals surface area contributed by atoms with Crippen LogP contribution in [0.25, 0.3) is 0 Å². The number of rotatable bonds is 6. The van der Waals surface area contributed by atoms with Gasteiger partial charge in [0.1, 0.15) is 12.1 Å². The van der Waals surface area contributed by atoms with E-state index in [2.05, 4.69) is 27.8 Å². The van der Waals surface area contributed by atoms with Crippen LogP contribution < -0.4 is 5.32 Å². The van der Waals surface area contributed by atoms with Crippen LogP contribution in [0.1, 0.15) is 12.5 Å². The highest BCUT2D eigenvalue weighted by Crippen LogP contribution is 2.22. The van der Waals surface area contributed by atoms with Gasteiger partial charge in [-0.15, -0.1) is 0 Å².